The van der Waals surface area contributed by atoms with Crippen molar-refractivity contribution in [3.8, 4) is 5.75 Å². The van der Waals surface area contributed by atoms with Gasteiger partial charge in [-0.05, 0) is 17.7 Å². The van der Waals surface area contributed by atoms with E-state index in [9.17, 15) is 4.79 Å². The predicted molar refractivity (Wildman–Crippen MR) is 99.5 cm³/mol. The van der Waals surface area contributed by atoms with Crippen LogP contribution in [-0.4, -0.2) is 23.3 Å². The van der Waals surface area contributed by atoms with Crippen LogP contribution in [0.1, 0.15) is 23.4 Å². The van der Waals surface area contributed by atoms with E-state index in [0.29, 0.717) is 16.6 Å². The Morgan fingerprint density at radius 2 is 1.76 bits per heavy atom. The van der Waals surface area contributed by atoms with Crippen LogP contribution >= 0.6 is 11.3 Å². The van der Waals surface area contributed by atoms with Crippen molar-refractivity contribution in [1.82, 2.24) is 10.2 Å². The van der Waals surface area contributed by atoms with Crippen molar-refractivity contribution in [2.24, 2.45) is 0 Å². The number of urea groups is 1. The topological polar surface area (TPSA) is 76.1 Å². The molecule has 0 radical (unpaired) electrons. The van der Waals surface area contributed by atoms with Gasteiger partial charge >= 0.3 is 6.03 Å². The Hall–Kier alpha value is -2.93. The number of nitrogens with one attached hydrogen (secondary N) is 2. The monoisotopic (exact) mass is 354 g/mol. The minimum Gasteiger partial charge on any atom is -0.495 e. The summed E-state index contributed by atoms with van der Waals surface area (Å²) in [6.07, 6.45) is 0. The number of benzene rings is 2. The van der Waals surface area contributed by atoms with Crippen LogP contribution in [-0.2, 0) is 0 Å². The Bertz CT molecular complexity index is 851. The van der Waals surface area contributed by atoms with E-state index in [1.54, 1.807) is 19.2 Å². The van der Waals surface area contributed by atoms with E-state index in [0.717, 1.165) is 10.6 Å². The molecule has 0 saturated heterocycles. The first-order valence-corrected chi connectivity index (χ1v) is 8.58. The fraction of sp³-hybridized carbons (Fsp3) is 0.167. The molecule has 6 nitrogen and oxygen atoms in total. The molecule has 0 aliphatic carbocycles. The highest BCUT2D eigenvalue weighted by atomic mass is 32.1. The van der Waals surface area contributed by atoms with Crippen molar-refractivity contribution in [3.05, 3.63) is 65.2 Å². The van der Waals surface area contributed by atoms with E-state index in [2.05, 4.69) is 27.8 Å². The molecule has 1 heterocycles. The predicted octanol–water partition coefficient (Wildman–Crippen LogP) is 4.34. The molecular weight excluding hydrogens is 336 g/mol. The van der Waals surface area contributed by atoms with Gasteiger partial charge in [0.05, 0.1) is 12.8 Å². The zero-order valence-electron chi connectivity index (χ0n) is 13.9. The zero-order chi connectivity index (χ0) is 17.6. The Labute approximate surface area is 149 Å². The molecule has 0 saturated carbocycles. The van der Waals surface area contributed by atoms with Crippen molar-refractivity contribution in [3.63, 3.8) is 0 Å². The number of carbonyl (C=O) groups excluding carboxylic acids is 1. The van der Waals surface area contributed by atoms with Crippen molar-refractivity contribution < 1.29 is 9.53 Å². The van der Waals surface area contributed by atoms with E-state index >= 15 is 0 Å². The molecule has 0 aliphatic heterocycles. The van der Waals surface area contributed by atoms with Crippen molar-refractivity contribution in [2.45, 2.75) is 12.8 Å². The van der Waals surface area contributed by atoms with Gasteiger partial charge in [-0.1, -0.05) is 60.7 Å². The third-order valence-electron chi connectivity index (χ3n) is 3.69. The van der Waals surface area contributed by atoms with Gasteiger partial charge < -0.3 is 10.1 Å². The summed E-state index contributed by atoms with van der Waals surface area (Å²) in [6.45, 7) is 2.06. The van der Waals surface area contributed by atoms with E-state index in [1.165, 1.54) is 11.3 Å². The Balaban J connectivity index is 1.66. The van der Waals surface area contributed by atoms with Crippen molar-refractivity contribution in [2.75, 3.05) is 17.7 Å². The fourth-order valence-corrected chi connectivity index (χ4v) is 3.16. The summed E-state index contributed by atoms with van der Waals surface area (Å²) in [5.74, 6) is 0.708. The molecule has 0 bridgehead atoms. The number of aromatic nitrogens is 2. The maximum absolute atomic E-state index is 12.2. The Kier molecular flexibility index (Phi) is 5.25. The number of hydrogen-bond acceptors (Lipinski definition) is 5. The minimum absolute atomic E-state index is 0.117. The van der Waals surface area contributed by atoms with Crippen LogP contribution < -0.4 is 15.4 Å². The first-order valence-electron chi connectivity index (χ1n) is 7.76. The third kappa shape index (κ3) is 4.13. The van der Waals surface area contributed by atoms with Gasteiger partial charge in [0.15, 0.2) is 0 Å². The van der Waals surface area contributed by atoms with Crippen molar-refractivity contribution in [1.29, 1.82) is 0 Å². The van der Waals surface area contributed by atoms with Crippen LogP contribution in [0, 0.1) is 0 Å². The average Bonchev–Trinajstić information content (AvgIpc) is 3.10. The lowest BCUT2D eigenvalue weighted by molar-refractivity contribution is 0.262. The lowest BCUT2D eigenvalue weighted by Crippen LogP contribution is -2.19. The highest BCUT2D eigenvalue weighted by Gasteiger charge is 2.15. The van der Waals surface area contributed by atoms with Gasteiger partial charge in [-0.2, -0.15) is 0 Å². The van der Waals surface area contributed by atoms with Crippen LogP contribution in [0.5, 0.6) is 5.75 Å². The third-order valence-corrected chi connectivity index (χ3v) is 4.71. The highest BCUT2D eigenvalue weighted by molar-refractivity contribution is 7.15. The van der Waals surface area contributed by atoms with E-state index < -0.39 is 0 Å². The molecule has 0 aliphatic rings. The summed E-state index contributed by atoms with van der Waals surface area (Å²) in [5, 5.41) is 15.0. The quantitative estimate of drug-likeness (QED) is 0.714. The average molecular weight is 354 g/mol. The second-order valence-electron chi connectivity index (χ2n) is 5.36. The van der Waals surface area contributed by atoms with Crippen molar-refractivity contribution >= 4 is 28.2 Å². The summed E-state index contributed by atoms with van der Waals surface area (Å²) in [6, 6.07) is 16.9. The lowest BCUT2D eigenvalue weighted by atomic mass is 10.0. The summed E-state index contributed by atoms with van der Waals surface area (Å²) >= 11 is 1.36. The molecule has 3 rings (SSSR count). The summed E-state index contributed by atoms with van der Waals surface area (Å²) < 4.78 is 5.21. The minimum atomic E-state index is -0.389. The highest BCUT2D eigenvalue weighted by Crippen LogP contribution is 2.29. The molecule has 2 amide bonds. The zero-order valence-corrected chi connectivity index (χ0v) is 14.7. The number of ether oxygens (including phenoxy) is 1. The largest absolute Gasteiger partial charge is 0.495 e. The number of anilines is 2. The number of amides is 2. The molecule has 0 fully saturated rings. The molecule has 25 heavy (non-hydrogen) atoms. The van der Waals surface area contributed by atoms with Gasteiger partial charge in [0.2, 0.25) is 5.13 Å². The Morgan fingerprint density at radius 1 is 1.04 bits per heavy atom. The summed E-state index contributed by atoms with van der Waals surface area (Å²) in [4.78, 5) is 12.2. The SMILES string of the molecule is COc1ccccc1NC(=O)Nc1nnc([C@@H](C)c2ccccc2)s1. The summed E-state index contributed by atoms with van der Waals surface area (Å²) in [5.41, 5.74) is 1.74. The van der Waals surface area contributed by atoms with Crippen LogP contribution in [0.2, 0.25) is 0 Å². The number of para-hydroxylation sites is 2. The van der Waals surface area contributed by atoms with Crippen LogP contribution in [0.4, 0.5) is 15.6 Å². The standard InChI is InChI=1S/C18H18N4O2S/c1-12(13-8-4-3-5-9-13)16-21-22-18(25-16)20-17(23)19-14-10-6-7-11-15(14)24-2/h3-12H,1-2H3,(H2,19,20,22,23)/t12-/m0/s1. The van der Waals surface area contributed by atoms with E-state index in [-0.39, 0.29) is 11.9 Å². The lowest BCUT2D eigenvalue weighted by Gasteiger charge is -2.09. The number of carbonyl (C=O) groups is 1. The van der Waals surface area contributed by atoms with Gasteiger partial charge in [0, 0.05) is 5.92 Å². The second kappa shape index (κ2) is 7.76. The van der Waals surface area contributed by atoms with Crippen LogP contribution in [0.15, 0.2) is 54.6 Å². The smallest absolute Gasteiger partial charge is 0.325 e. The number of methoxy groups -OCH3 is 1. The first-order chi connectivity index (χ1) is 12.2. The Morgan fingerprint density at radius 3 is 2.52 bits per heavy atom. The molecule has 7 heteroatoms. The fourth-order valence-electron chi connectivity index (χ4n) is 2.34. The second-order valence-corrected chi connectivity index (χ2v) is 6.37. The molecular formula is C18H18N4O2S. The molecule has 2 N–H and O–H groups in total. The summed E-state index contributed by atoms with van der Waals surface area (Å²) in [7, 11) is 1.56. The van der Waals surface area contributed by atoms with Gasteiger partial charge in [-0.15, -0.1) is 10.2 Å². The van der Waals surface area contributed by atoms with Crippen LogP contribution in [0.25, 0.3) is 0 Å². The normalized spacial score (nSPS) is 11.6. The molecule has 0 spiro atoms. The van der Waals surface area contributed by atoms with Gasteiger partial charge in [-0.25, -0.2) is 4.79 Å². The molecule has 0 unspecified atom stereocenters. The molecule has 3 aromatic rings. The van der Waals surface area contributed by atoms with E-state index in [4.69, 9.17) is 4.74 Å². The maximum Gasteiger partial charge on any atom is 0.325 e. The molecule has 128 valence electrons. The van der Waals surface area contributed by atoms with Crippen LogP contribution in [0.3, 0.4) is 0 Å². The number of nitrogens with zero attached hydrogens (tertiary/aromatic N) is 2. The van der Waals surface area contributed by atoms with E-state index in [1.807, 2.05) is 42.5 Å². The number of rotatable bonds is 5. The number of hydrogen-bond donors (Lipinski definition) is 2. The first kappa shape index (κ1) is 16.9. The molecule has 1 atom stereocenters. The molecule has 1 aromatic heterocycles. The maximum atomic E-state index is 12.2. The van der Waals surface area contributed by atoms with Gasteiger partial charge in [0.25, 0.3) is 0 Å². The molecule has 2 aromatic carbocycles. The van der Waals surface area contributed by atoms with Gasteiger partial charge in [-0.3, -0.25) is 5.32 Å². The van der Waals surface area contributed by atoms with Gasteiger partial charge in [0.1, 0.15) is 10.8 Å².